The molecule has 31 heavy (non-hydrogen) atoms. The summed E-state index contributed by atoms with van der Waals surface area (Å²) in [6.07, 6.45) is 4.95. The van der Waals surface area contributed by atoms with Crippen LogP contribution in [0.1, 0.15) is 43.5 Å². The van der Waals surface area contributed by atoms with Crippen LogP contribution in [0.25, 0.3) is 12.2 Å². The van der Waals surface area contributed by atoms with Crippen LogP contribution in [-0.2, 0) is 20.1 Å². The van der Waals surface area contributed by atoms with Crippen LogP contribution in [0.3, 0.4) is 0 Å². The second-order valence-electron chi connectivity index (χ2n) is 8.35. The fourth-order valence-corrected chi connectivity index (χ4v) is 37.7. The summed E-state index contributed by atoms with van der Waals surface area (Å²) >= 11 is -2.28. The second-order valence-corrected chi connectivity index (χ2v) is 30.4. The van der Waals surface area contributed by atoms with Gasteiger partial charge in [0.05, 0.1) is 0 Å². The van der Waals surface area contributed by atoms with Crippen molar-refractivity contribution in [1.29, 1.82) is 0 Å². The van der Waals surface area contributed by atoms with E-state index >= 15 is 0 Å². The first kappa shape index (κ1) is 24.4. The first-order valence-electron chi connectivity index (χ1n) is 10.5. The topological polar surface area (TPSA) is 0 Å². The molecule has 2 atom stereocenters. The molecule has 0 saturated heterocycles. The van der Waals surface area contributed by atoms with E-state index in [0.717, 1.165) is 0 Å². The summed E-state index contributed by atoms with van der Waals surface area (Å²) in [5.41, 5.74) is 8.81. The van der Waals surface area contributed by atoms with Crippen molar-refractivity contribution in [2.45, 2.75) is 27.7 Å². The van der Waals surface area contributed by atoms with Gasteiger partial charge in [-0.3, -0.25) is 0 Å². The van der Waals surface area contributed by atoms with Crippen LogP contribution in [0.4, 0.5) is 0 Å². The predicted molar refractivity (Wildman–Crippen MR) is 123 cm³/mol. The van der Waals surface area contributed by atoms with Gasteiger partial charge in [-0.05, 0) is 0 Å². The van der Waals surface area contributed by atoms with E-state index < -0.39 is 25.6 Å². The van der Waals surface area contributed by atoms with Gasteiger partial charge in [0.15, 0.2) is 0 Å². The van der Waals surface area contributed by atoms with Crippen molar-refractivity contribution < 1.29 is 44.9 Å². The molecule has 2 aliphatic rings. The third-order valence-electron chi connectivity index (χ3n) is 6.55. The molecule has 0 bridgehead atoms. The maximum absolute atomic E-state index is 2.63. The third kappa shape index (κ3) is 4.37. The zero-order valence-electron chi connectivity index (χ0n) is 18.1. The van der Waals surface area contributed by atoms with Gasteiger partial charge in [-0.15, -0.1) is 0 Å². The van der Waals surface area contributed by atoms with E-state index in [1.54, 1.807) is 27.5 Å². The van der Waals surface area contributed by atoms with E-state index in [1.807, 2.05) is 0 Å². The number of rotatable bonds is 3. The largest absolute Gasteiger partial charge is 1.00 e. The Morgan fingerprint density at radius 3 is 1.52 bits per heavy atom. The number of halogens is 2. The van der Waals surface area contributed by atoms with Crippen LogP contribution >= 0.6 is 0 Å². The molecule has 3 aromatic carbocycles. The van der Waals surface area contributed by atoms with Gasteiger partial charge in [0, 0.05) is 0 Å². The van der Waals surface area contributed by atoms with Crippen molar-refractivity contribution in [2.24, 2.45) is 0 Å². The Morgan fingerprint density at radius 2 is 1.03 bits per heavy atom. The molecule has 0 spiro atoms. The average molecular weight is 628 g/mol. The molecule has 3 aromatic rings. The minimum Gasteiger partial charge on any atom is -1.00 e. The minimum absolute atomic E-state index is 0. The van der Waals surface area contributed by atoms with Crippen LogP contribution in [-0.4, -0.2) is 5.49 Å². The van der Waals surface area contributed by atoms with Gasteiger partial charge in [-0.2, -0.15) is 0 Å². The molecular formula is C27H26Cl2HfSi. The predicted octanol–water partition coefficient (Wildman–Crippen LogP) is 0.458. The van der Waals surface area contributed by atoms with Crippen molar-refractivity contribution >= 4 is 22.8 Å². The standard InChI is InChI=1S/2C10H9.C7H8Si.2ClH.Hf/c2*1-8-6-9-4-2-3-5-10(9)7-8;1-8-7-5-3-2-4-6-7;;;/h2*2-7H,1H3;2-6H,1H3;2*1H;/q;;;;;+2/p-2. The fourth-order valence-electron chi connectivity index (χ4n) is 5.24. The molecule has 2 aliphatic carbocycles. The Kier molecular flexibility index (Phi) is 8.02. The Balaban J connectivity index is 0.00000136. The zero-order chi connectivity index (χ0) is 20.0. The van der Waals surface area contributed by atoms with Crippen molar-refractivity contribution in [3.63, 3.8) is 0 Å². The second kappa shape index (κ2) is 10.2. The summed E-state index contributed by atoms with van der Waals surface area (Å²) in [7, 11) is 0. The van der Waals surface area contributed by atoms with Gasteiger partial charge in [-0.25, -0.2) is 0 Å². The molecule has 0 saturated carbocycles. The number of allylic oxidation sites excluding steroid dienone is 2. The molecule has 4 heteroatoms. The van der Waals surface area contributed by atoms with Crippen molar-refractivity contribution in [2.75, 3.05) is 0 Å². The van der Waals surface area contributed by atoms with E-state index in [1.165, 1.54) is 11.1 Å². The van der Waals surface area contributed by atoms with Gasteiger partial charge in [0.25, 0.3) is 0 Å². The number of hydrogen-bond donors (Lipinski definition) is 0. The van der Waals surface area contributed by atoms with E-state index in [-0.39, 0.29) is 24.8 Å². The van der Waals surface area contributed by atoms with Crippen LogP contribution in [0.15, 0.2) is 90.0 Å². The molecule has 0 radical (unpaired) electrons. The minimum atomic E-state index is -2.28. The Hall–Kier alpha value is -1.19. The summed E-state index contributed by atoms with van der Waals surface area (Å²) in [5.74, 6) is 0. The molecule has 5 rings (SSSR count). The number of fused-ring (bicyclic) bond motifs is 2. The van der Waals surface area contributed by atoms with Crippen LogP contribution in [0.2, 0.25) is 6.55 Å². The van der Waals surface area contributed by atoms with Gasteiger partial charge >= 0.3 is 183 Å². The molecule has 0 nitrogen and oxygen atoms in total. The maximum atomic E-state index is 2.63. The fraction of sp³-hybridized carbons (Fsp3) is 0.185. The van der Waals surface area contributed by atoms with E-state index in [0.29, 0.717) is 7.35 Å². The van der Waals surface area contributed by atoms with Crippen LogP contribution < -0.4 is 30.0 Å². The van der Waals surface area contributed by atoms with Gasteiger partial charge in [0.1, 0.15) is 0 Å². The maximum Gasteiger partial charge on any atom is -1.00 e. The Labute approximate surface area is 206 Å². The molecule has 0 heterocycles. The molecular weight excluding hydrogens is 602 g/mol. The first-order valence-corrected chi connectivity index (χ1v) is 22.0. The molecule has 0 amide bonds. The van der Waals surface area contributed by atoms with E-state index in [4.69, 9.17) is 0 Å². The van der Waals surface area contributed by atoms with E-state index in [2.05, 4.69) is 111 Å². The first-order chi connectivity index (χ1) is 14.1. The SMILES string of the molecule is CC1=Cc2ccccc2[CH]1[Hf+2]([CH]1C(C)=Cc2ccccc21)=[Si](C)c1ccccc1.[Cl-].[Cl-]. The third-order valence-corrected chi connectivity index (χ3v) is 35.8. The summed E-state index contributed by atoms with van der Waals surface area (Å²) in [5, 5.41) is 1.63. The smallest absolute Gasteiger partial charge is 1.00 e. The Morgan fingerprint density at radius 1 is 0.613 bits per heavy atom. The number of benzene rings is 3. The molecule has 0 aliphatic heterocycles. The van der Waals surface area contributed by atoms with Crippen LogP contribution in [0, 0.1) is 0 Å². The average Bonchev–Trinajstić information content (AvgIpc) is 3.25. The molecule has 0 N–H and O–H groups in total. The molecule has 0 aromatic heterocycles. The van der Waals surface area contributed by atoms with Gasteiger partial charge < -0.3 is 24.8 Å². The Bertz CT molecular complexity index is 1130. The van der Waals surface area contributed by atoms with Gasteiger partial charge in [-0.1, -0.05) is 0 Å². The molecule has 0 fully saturated rings. The summed E-state index contributed by atoms with van der Waals surface area (Å²) in [6.45, 7) is 7.43. The van der Waals surface area contributed by atoms with Crippen molar-refractivity contribution in [3.05, 3.63) is 112 Å². The summed E-state index contributed by atoms with van der Waals surface area (Å²) < 4.78 is 1.41. The zero-order valence-corrected chi connectivity index (χ0v) is 24.2. The number of hydrogen-bond acceptors (Lipinski definition) is 0. The normalized spacial score (nSPS) is 17.7. The monoisotopic (exact) mass is 628 g/mol. The summed E-state index contributed by atoms with van der Waals surface area (Å²) in [6, 6.07) is 29.8. The van der Waals surface area contributed by atoms with Crippen molar-refractivity contribution in [1.82, 2.24) is 0 Å². The van der Waals surface area contributed by atoms with Gasteiger partial charge in [0.2, 0.25) is 0 Å². The van der Waals surface area contributed by atoms with E-state index in [9.17, 15) is 0 Å². The quantitative estimate of drug-likeness (QED) is 0.371. The van der Waals surface area contributed by atoms with Crippen molar-refractivity contribution in [3.8, 4) is 0 Å². The molecule has 156 valence electrons. The molecule has 2 unspecified atom stereocenters. The van der Waals surface area contributed by atoms with Crippen LogP contribution in [0.5, 0.6) is 0 Å². The summed E-state index contributed by atoms with van der Waals surface area (Å²) in [4.78, 5) is 0.